The van der Waals surface area contributed by atoms with Gasteiger partial charge in [-0.25, -0.2) is 0 Å². The molecular weight excluding hydrogens is 212 g/mol. The molecule has 1 N–H and O–H groups in total. The summed E-state index contributed by atoms with van der Waals surface area (Å²) in [7, 11) is 0. The lowest BCUT2D eigenvalue weighted by Crippen LogP contribution is -2.31. The van der Waals surface area contributed by atoms with E-state index in [9.17, 15) is 5.11 Å². The highest BCUT2D eigenvalue weighted by atomic mass is 16.3. The second kappa shape index (κ2) is 4.30. The van der Waals surface area contributed by atoms with Crippen molar-refractivity contribution in [3.63, 3.8) is 0 Å². The topological polar surface area (TPSA) is 36.4 Å². The molecule has 3 rings (SSSR count). The summed E-state index contributed by atoms with van der Waals surface area (Å²) in [4.78, 5) is 6.88. The summed E-state index contributed by atoms with van der Waals surface area (Å²) in [5, 5.41) is 9.71. The first-order valence-electron chi connectivity index (χ1n) is 6.68. The first-order valence-corrected chi connectivity index (χ1v) is 6.68. The predicted molar refractivity (Wildman–Crippen MR) is 68.0 cm³/mol. The number of rotatable bonds is 3. The van der Waals surface area contributed by atoms with Crippen molar-refractivity contribution in [3.8, 4) is 0 Å². The molecule has 2 aliphatic rings. The van der Waals surface area contributed by atoms with Gasteiger partial charge >= 0.3 is 0 Å². The molecule has 2 unspecified atom stereocenters. The van der Waals surface area contributed by atoms with Crippen molar-refractivity contribution in [2.75, 3.05) is 11.4 Å². The number of aliphatic hydroxyl groups excluding tert-OH is 1. The lowest BCUT2D eigenvalue weighted by atomic mass is 10.1. The molecule has 3 nitrogen and oxygen atoms in total. The Labute approximate surface area is 102 Å². The van der Waals surface area contributed by atoms with Gasteiger partial charge in [0.05, 0.1) is 23.7 Å². The fraction of sp³-hybridized carbons (Fsp3) is 0.643. The molecule has 1 saturated heterocycles. The quantitative estimate of drug-likeness (QED) is 0.870. The van der Waals surface area contributed by atoms with Crippen LogP contribution in [0.3, 0.4) is 0 Å². The Morgan fingerprint density at radius 2 is 2.35 bits per heavy atom. The molecule has 1 aromatic heterocycles. The molecule has 1 saturated carbocycles. The molecule has 1 aliphatic heterocycles. The third-order valence-corrected chi connectivity index (χ3v) is 4.24. The Morgan fingerprint density at radius 1 is 1.47 bits per heavy atom. The minimum absolute atomic E-state index is 0.418. The van der Waals surface area contributed by atoms with Crippen LogP contribution in [0, 0.1) is 5.92 Å². The summed E-state index contributed by atoms with van der Waals surface area (Å²) >= 11 is 0. The van der Waals surface area contributed by atoms with Crippen LogP contribution in [0.1, 0.15) is 44.4 Å². The van der Waals surface area contributed by atoms with E-state index < -0.39 is 6.10 Å². The molecule has 0 radical (unpaired) electrons. The van der Waals surface area contributed by atoms with Gasteiger partial charge in [-0.3, -0.25) is 4.98 Å². The van der Waals surface area contributed by atoms with Crippen molar-refractivity contribution in [2.24, 2.45) is 5.92 Å². The van der Waals surface area contributed by atoms with Gasteiger partial charge in [-0.2, -0.15) is 0 Å². The molecule has 2 heterocycles. The van der Waals surface area contributed by atoms with Gasteiger partial charge in [0.2, 0.25) is 0 Å². The summed E-state index contributed by atoms with van der Waals surface area (Å²) in [5.41, 5.74) is 2.02. The first-order chi connectivity index (χ1) is 8.28. The average molecular weight is 232 g/mol. The summed E-state index contributed by atoms with van der Waals surface area (Å²) in [6.45, 7) is 3.17. The van der Waals surface area contributed by atoms with E-state index >= 15 is 0 Å². The van der Waals surface area contributed by atoms with E-state index in [1.165, 1.54) is 31.5 Å². The van der Waals surface area contributed by atoms with E-state index in [-0.39, 0.29) is 0 Å². The number of piperidine rings is 1. The van der Waals surface area contributed by atoms with Crippen LogP contribution in [0.5, 0.6) is 0 Å². The van der Waals surface area contributed by atoms with Crippen molar-refractivity contribution in [1.82, 2.24) is 4.98 Å². The fourth-order valence-electron chi connectivity index (χ4n) is 3.21. The van der Waals surface area contributed by atoms with E-state index in [4.69, 9.17) is 0 Å². The minimum Gasteiger partial charge on any atom is -0.387 e. The average Bonchev–Trinajstić information content (AvgIpc) is 3.00. The van der Waals surface area contributed by atoms with Crippen LogP contribution < -0.4 is 4.90 Å². The zero-order valence-electron chi connectivity index (χ0n) is 10.3. The molecule has 1 aromatic rings. The van der Waals surface area contributed by atoms with Gasteiger partial charge in [0.15, 0.2) is 0 Å². The van der Waals surface area contributed by atoms with Gasteiger partial charge in [0.1, 0.15) is 0 Å². The van der Waals surface area contributed by atoms with Crippen molar-refractivity contribution in [3.05, 3.63) is 24.0 Å². The highest BCUT2D eigenvalue weighted by molar-refractivity contribution is 5.48. The number of aliphatic hydroxyl groups is 1. The van der Waals surface area contributed by atoms with Gasteiger partial charge in [-0.15, -0.1) is 0 Å². The van der Waals surface area contributed by atoms with E-state index in [0.29, 0.717) is 0 Å². The molecular formula is C14H20N2O. The zero-order valence-corrected chi connectivity index (χ0v) is 10.3. The van der Waals surface area contributed by atoms with Crippen molar-refractivity contribution in [2.45, 2.75) is 44.8 Å². The number of fused-ring (bicyclic) bond motifs is 2. The molecule has 2 bridgehead atoms. The Morgan fingerprint density at radius 3 is 2.88 bits per heavy atom. The van der Waals surface area contributed by atoms with Gasteiger partial charge in [-0.05, 0) is 43.7 Å². The summed E-state index contributed by atoms with van der Waals surface area (Å²) < 4.78 is 0. The van der Waals surface area contributed by atoms with Gasteiger partial charge < -0.3 is 10.0 Å². The Bertz CT molecular complexity index is 390. The Kier molecular flexibility index (Phi) is 2.79. The normalized spacial score (nSPS) is 28.7. The molecule has 3 heteroatoms. The zero-order chi connectivity index (χ0) is 11.8. The van der Waals surface area contributed by atoms with Crippen LogP contribution in [0.25, 0.3) is 0 Å². The molecule has 92 valence electrons. The first kappa shape index (κ1) is 11.0. The Hall–Kier alpha value is -1.09. The lowest BCUT2D eigenvalue weighted by molar-refractivity contribution is 0.169. The third-order valence-electron chi connectivity index (χ3n) is 4.24. The predicted octanol–water partition coefficient (Wildman–Crippen LogP) is 2.51. The Balaban J connectivity index is 1.76. The van der Waals surface area contributed by atoms with Crippen LogP contribution in [0.15, 0.2) is 18.3 Å². The lowest BCUT2D eigenvalue weighted by Gasteiger charge is -2.29. The standard InChI is InChI=1S/C14H20N2O/c1-2-14(17)13-6-5-12(8-15-13)16-9-10-3-4-11(16)7-10/h5-6,8,10-11,14,17H,2-4,7,9H2,1H3/t10?,11?,14-/m0/s1. The van der Waals surface area contributed by atoms with Crippen LogP contribution in [-0.4, -0.2) is 22.7 Å². The van der Waals surface area contributed by atoms with Crippen LogP contribution in [-0.2, 0) is 0 Å². The van der Waals surface area contributed by atoms with Crippen molar-refractivity contribution >= 4 is 5.69 Å². The molecule has 0 amide bonds. The maximum Gasteiger partial charge on any atom is 0.0957 e. The fourth-order valence-corrected chi connectivity index (χ4v) is 3.21. The van der Waals surface area contributed by atoms with Gasteiger partial charge in [0.25, 0.3) is 0 Å². The number of hydrogen-bond donors (Lipinski definition) is 1. The monoisotopic (exact) mass is 232 g/mol. The smallest absolute Gasteiger partial charge is 0.0957 e. The minimum atomic E-state index is -0.418. The van der Waals surface area contributed by atoms with Crippen LogP contribution in [0.4, 0.5) is 5.69 Å². The van der Waals surface area contributed by atoms with Crippen LogP contribution in [0.2, 0.25) is 0 Å². The molecule has 3 atom stereocenters. The van der Waals surface area contributed by atoms with Gasteiger partial charge in [-0.1, -0.05) is 6.92 Å². The second-order valence-corrected chi connectivity index (χ2v) is 5.35. The third kappa shape index (κ3) is 1.93. The summed E-state index contributed by atoms with van der Waals surface area (Å²) in [6.07, 6.45) is 6.33. The number of aromatic nitrogens is 1. The molecule has 0 spiro atoms. The molecule has 17 heavy (non-hydrogen) atoms. The largest absolute Gasteiger partial charge is 0.387 e. The number of pyridine rings is 1. The number of hydrogen-bond acceptors (Lipinski definition) is 3. The SMILES string of the molecule is CC[C@H](O)c1ccc(N2CC3CCC2C3)cn1. The molecule has 2 fully saturated rings. The van der Waals surface area contributed by atoms with Crippen LogP contribution >= 0.6 is 0 Å². The van der Waals surface area contributed by atoms with E-state index in [1.54, 1.807) is 0 Å². The number of nitrogens with zero attached hydrogens (tertiary/aromatic N) is 2. The highest BCUT2D eigenvalue weighted by Gasteiger charge is 2.37. The van der Waals surface area contributed by atoms with Crippen molar-refractivity contribution in [1.29, 1.82) is 0 Å². The maximum absolute atomic E-state index is 9.71. The highest BCUT2D eigenvalue weighted by Crippen LogP contribution is 2.39. The number of anilines is 1. The summed E-state index contributed by atoms with van der Waals surface area (Å²) in [5.74, 6) is 0.904. The van der Waals surface area contributed by atoms with E-state index in [2.05, 4.69) is 16.0 Å². The van der Waals surface area contributed by atoms with Crippen molar-refractivity contribution < 1.29 is 5.11 Å². The van der Waals surface area contributed by atoms with E-state index in [0.717, 1.165) is 24.1 Å². The molecule has 1 aliphatic carbocycles. The van der Waals surface area contributed by atoms with Gasteiger partial charge in [0, 0.05) is 12.6 Å². The molecule has 0 aromatic carbocycles. The summed E-state index contributed by atoms with van der Waals surface area (Å²) in [6, 6.07) is 4.82. The second-order valence-electron chi connectivity index (χ2n) is 5.35. The van der Waals surface area contributed by atoms with E-state index in [1.807, 2.05) is 19.2 Å². The maximum atomic E-state index is 9.71.